The summed E-state index contributed by atoms with van der Waals surface area (Å²) in [4.78, 5) is 21.4. The van der Waals surface area contributed by atoms with Crippen molar-refractivity contribution in [1.29, 1.82) is 0 Å². The van der Waals surface area contributed by atoms with Crippen molar-refractivity contribution in [3.63, 3.8) is 0 Å². The van der Waals surface area contributed by atoms with Gasteiger partial charge in [0.05, 0.1) is 6.20 Å². The fourth-order valence-electron chi connectivity index (χ4n) is 4.17. The summed E-state index contributed by atoms with van der Waals surface area (Å²) in [5.41, 5.74) is 1.70. The molecule has 0 N–H and O–H groups in total. The van der Waals surface area contributed by atoms with Crippen LogP contribution in [0.3, 0.4) is 0 Å². The van der Waals surface area contributed by atoms with Crippen LogP contribution in [0.5, 0.6) is 0 Å². The highest BCUT2D eigenvalue weighted by Gasteiger charge is 2.38. The van der Waals surface area contributed by atoms with Gasteiger partial charge in [-0.2, -0.15) is 0 Å². The number of amides is 1. The fourth-order valence-corrected chi connectivity index (χ4v) is 4.17. The number of oxazole rings is 1. The molecular weight excluding hydrogens is 302 g/mol. The smallest absolute Gasteiger partial charge is 0.254 e. The number of aromatic nitrogens is 1. The van der Waals surface area contributed by atoms with Crippen molar-refractivity contribution in [1.82, 2.24) is 14.8 Å². The van der Waals surface area contributed by atoms with Crippen LogP contribution in [0.4, 0.5) is 0 Å². The first-order valence-electron chi connectivity index (χ1n) is 8.74. The number of hydrogen-bond acceptors (Lipinski definition) is 4. The number of nitrogens with zero attached hydrogens (tertiary/aromatic N) is 3. The zero-order valence-corrected chi connectivity index (χ0v) is 14.0. The predicted octanol–water partition coefficient (Wildman–Crippen LogP) is 3.04. The maximum Gasteiger partial charge on any atom is 0.254 e. The summed E-state index contributed by atoms with van der Waals surface area (Å²) in [5, 5.41) is 0. The highest BCUT2D eigenvalue weighted by molar-refractivity contribution is 5.95. The lowest BCUT2D eigenvalue weighted by atomic mass is 10.0. The summed E-state index contributed by atoms with van der Waals surface area (Å²) in [5.74, 6) is 0.877. The zero-order valence-electron chi connectivity index (χ0n) is 14.0. The second-order valence-electron chi connectivity index (χ2n) is 6.84. The van der Waals surface area contributed by atoms with E-state index in [1.165, 1.54) is 19.2 Å². The van der Waals surface area contributed by atoms with Crippen LogP contribution < -0.4 is 0 Å². The molecule has 1 amide bonds. The number of likely N-dealkylation sites (tertiary alicyclic amines) is 2. The number of benzene rings is 1. The van der Waals surface area contributed by atoms with E-state index in [2.05, 4.69) is 21.8 Å². The van der Waals surface area contributed by atoms with Crippen LogP contribution in [0.1, 0.15) is 36.0 Å². The Hall–Kier alpha value is -2.14. The van der Waals surface area contributed by atoms with Crippen LogP contribution in [-0.4, -0.2) is 52.9 Å². The number of carbonyl (C=O) groups excluding carboxylic acids is 1. The molecule has 2 aliphatic heterocycles. The molecular formula is C19H23N3O2. The maximum atomic E-state index is 13.0. The third-order valence-corrected chi connectivity index (χ3v) is 5.43. The quantitative estimate of drug-likeness (QED) is 0.870. The maximum absolute atomic E-state index is 13.0. The molecule has 2 saturated heterocycles. The molecule has 2 atom stereocenters. The molecule has 0 aliphatic carbocycles. The van der Waals surface area contributed by atoms with Gasteiger partial charge in [-0.1, -0.05) is 12.1 Å². The van der Waals surface area contributed by atoms with E-state index in [9.17, 15) is 4.79 Å². The number of rotatable bonds is 3. The van der Waals surface area contributed by atoms with Gasteiger partial charge in [0.15, 0.2) is 12.2 Å². The van der Waals surface area contributed by atoms with Crippen LogP contribution in [0.25, 0.3) is 11.3 Å². The largest absolute Gasteiger partial charge is 0.444 e. The van der Waals surface area contributed by atoms with E-state index in [-0.39, 0.29) is 5.91 Å². The molecule has 126 valence electrons. The van der Waals surface area contributed by atoms with Gasteiger partial charge in [-0.15, -0.1) is 0 Å². The minimum atomic E-state index is 0.155. The summed E-state index contributed by atoms with van der Waals surface area (Å²) in [6.07, 6.45) is 7.78. The standard InChI is InChI=1S/C19H23N3O2/c1-21-10-2-4-16(21)17-5-3-11-22(17)19(23)15-8-6-14(7-9-15)18-12-20-13-24-18/h6-9,12-13,16-17H,2-5,10-11H2,1H3/t16-,17+/m1/s1. The lowest BCUT2D eigenvalue weighted by molar-refractivity contribution is 0.0664. The molecule has 5 nitrogen and oxygen atoms in total. The van der Waals surface area contributed by atoms with Gasteiger partial charge in [0, 0.05) is 29.8 Å². The van der Waals surface area contributed by atoms with Gasteiger partial charge in [-0.3, -0.25) is 4.79 Å². The molecule has 2 aliphatic rings. The van der Waals surface area contributed by atoms with Gasteiger partial charge in [-0.05, 0) is 51.4 Å². The number of likely N-dealkylation sites (N-methyl/N-ethyl adjacent to an activating group) is 1. The average Bonchev–Trinajstić information content (AvgIpc) is 3.35. The highest BCUT2D eigenvalue weighted by Crippen LogP contribution is 2.30. The van der Waals surface area contributed by atoms with Gasteiger partial charge < -0.3 is 14.2 Å². The Labute approximate surface area is 142 Å². The molecule has 0 spiro atoms. The van der Waals surface area contributed by atoms with Gasteiger partial charge >= 0.3 is 0 Å². The van der Waals surface area contributed by atoms with Crippen LogP contribution in [0, 0.1) is 0 Å². The lowest BCUT2D eigenvalue weighted by Gasteiger charge is -2.33. The van der Waals surface area contributed by atoms with Crippen molar-refractivity contribution < 1.29 is 9.21 Å². The van der Waals surface area contributed by atoms with Gasteiger partial charge in [0.1, 0.15) is 0 Å². The first-order chi connectivity index (χ1) is 11.7. The molecule has 0 unspecified atom stereocenters. The highest BCUT2D eigenvalue weighted by atomic mass is 16.3. The Morgan fingerprint density at radius 1 is 1.12 bits per heavy atom. The Bertz CT molecular complexity index is 696. The Kier molecular flexibility index (Phi) is 4.10. The third-order valence-electron chi connectivity index (χ3n) is 5.43. The first kappa shape index (κ1) is 15.4. The minimum Gasteiger partial charge on any atom is -0.444 e. The molecule has 1 aromatic carbocycles. The van der Waals surface area contributed by atoms with E-state index in [0.29, 0.717) is 12.1 Å². The van der Waals surface area contributed by atoms with Crippen molar-refractivity contribution >= 4 is 5.91 Å². The Morgan fingerprint density at radius 3 is 2.54 bits per heavy atom. The average molecular weight is 325 g/mol. The lowest BCUT2D eigenvalue weighted by Crippen LogP contribution is -2.47. The monoisotopic (exact) mass is 325 g/mol. The minimum absolute atomic E-state index is 0.155. The summed E-state index contributed by atoms with van der Waals surface area (Å²) in [6.45, 7) is 2.02. The van der Waals surface area contributed by atoms with Crippen molar-refractivity contribution in [3.05, 3.63) is 42.4 Å². The van der Waals surface area contributed by atoms with Crippen LogP contribution in [-0.2, 0) is 0 Å². The van der Waals surface area contributed by atoms with E-state index >= 15 is 0 Å². The van der Waals surface area contributed by atoms with E-state index in [4.69, 9.17) is 4.42 Å². The van der Waals surface area contributed by atoms with E-state index in [1.807, 2.05) is 24.3 Å². The normalized spacial score (nSPS) is 24.6. The zero-order chi connectivity index (χ0) is 16.5. The van der Waals surface area contributed by atoms with Crippen LogP contribution in [0.15, 0.2) is 41.3 Å². The van der Waals surface area contributed by atoms with Crippen LogP contribution >= 0.6 is 0 Å². The predicted molar refractivity (Wildman–Crippen MR) is 91.6 cm³/mol. The molecule has 3 heterocycles. The van der Waals surface area contributed by atoms with E-state index < -0.39 is 0 Å². The van der Waals surface area contributed by atoms with Crippen LogP contribution in [0.2, 0.25) is 0 Å². The van der Waals surface area contributed by atoms with Gasteiger partial charge in [-0.25, -0.2) is 4.98 Å². The molecule has 2 fully saturated rings. The molecule has 2 aromatic rings. The SMILES string of the molecule is CN1CCC[C@@H]1[C@@H]1CCCN1C(=O)c1ccc(-c2cnco2)cc1. The second-order valence-corrected chi connectivity index (χ2v) is 6.84. The van der Waals surface area contributed by atoms with Crippen molar-refractivity contribution in [3.8, 4) is 11.3 Å². The number of hydrogen-bond donors (Lipinski definition) is 0. The van der Waals surface area contributed by atoms with Crippen molar-refractivity contribution in [2.75, 3.05) is 20.1 Å². The van der Waals surface area contributed by atoms with Crippen molar-refractivity contribution in [2.45, 2.75) is 37.8 Å². The molecule has 24 heavy (non-hydrogen) atoms. The fraction of sp³-hybridized carbons (Fsp3) is 0.474. The molecule has 0 saturated carbocycles. The molecule has 0 bridgehead atoms. The molecule has 5 heteroatoms. The number of carbonyl (C=O) groups is 1. The summed E-state index contributed by atoms with van der Waals surface area (Å²) in [6, 6.07) is 8.53. The topological polar surface area (TPSA) is 49.6 Å². The third kappa shape index (κ3) is 2.73. The summed E-state index contributed by atoms with van der Waals surface area (Å²) >= 11 is 0. The first-order valence-corrected chi connectivity index (χ1v) is 8.74. The molecule has 1 aromatic heterocycles. The van der Waals surface area contributed by atoms with E-state index in [1.54, 1.807) is 6.20 Å². The molecule has 0 radical (unpaired) electrons. The Balaban J connectivity index is 1.52. The summed E-state index contributed by atoms with van der Waals surface area (Å²) < 4.78 is 5.30. The summed E-state index contributed by atoms with van der Waals surface area (Å²) in [7, 11) is 2.19. The van der Waals surface area contributed by atoms with E-state index in [0.717, 1.165) is 42.8 Å². The van der Waals surface area contributed by atoms with Crippen molar-refractivity contribution in [2.24, 2.45) is 0 Å². The second kappa shape index (κ2) is 6.40. The van der Waals surface area contributed by atoms with Gasteiger partial charge in [0.2, 0.25) is 0 Å². The molecule has 4 rings (SSSR count). The Morgan fingerprint density at radius 2 is 1.88 bits per heavy atom. The van der Waals surface area contributed by atoms with Gasteiger partial charge in [0.25, 0.3) is 5.91 Å².